The summed E-state index contributed by atoms with van der Waals surface area (Å²) in [7, 11) is 0. The first-order valence-corrected chi connectivity index (χ1v) is 7.41. The summed E-state index contributed by atoms with van der Waals surface area (Å²) in [6.07, 6.45) is 18.5. The quantitative estimate of drug-likeness (QED) is 0.603. The molecule has 19 heavy (non-hydrogen) atoms. The highest BCUT2D eigenvalue weighted by Gasteiger charge is 2.45. The van der Waals surface area contributed by atoms with Crippen LogP contribution in [-0.4, -0.2) is 22.8 Å². The van der Waals surface area contributed by atoms with Crippen LogP contribution in [0.4, 0.5) is 0 Å². The van der Waals surface area contributed by atoms with E-state index in [4.69, 9.17) is 6.42 Å². The number of terminal acetylenes is 1. The van der Waals surface area contributed by atoms with Gasteiger partial charge >= 0.3 is 0 Å². The predicted molar refractivity (Wildman–Crippen MR) is 79.6 cm³/mol. The van der Waals surface area contributed by atoms with E-state index in [1.54, 1.807) is 6.08 Å². The maximum atomic E-state index is 10.3. The van der Waals surface area contributed by atoms with E-state index in [1.807, 2.05) is 12.2 Å². The summed E-state index contributed by atoms with van der Waals surface area (Å²) in [5.41, 5.74) is 0.0386. The zero-order valence-electron chi connectivity index (χ0n) is 11.6. The number of hydrogen-bond donors (Lipinski definition) is 2. The van der Waals surface area contributed by atoms with Gasteiger partial charge in [-0.1, -0.05) is 24.5 Å². The minimum Gasteiger partial charge on any atom is -0.392 e. The van der Waals surface area contributed by atoms with Gasteiger partial charge in [-0.25, -0.2) is 0 Å². The Morgan fingerprint density at radius 2 is 2.11 bits per heavy atom. The minimum atomic E-state index is -0.270. The second-order valence-corrected chi connectivity index (χ2v) is 5.93. The number of aliphatic hydroxyl groups excluding tert-OH is 1. The zero-order valence-corrected chi connectivity index (χ0v) is 11.6. The van der Waals surface area contributed by atoms with Gasteiger partial charge < -0.3 is 10.4 Å². The molecule has 2 N–H and O–H groups in total. The van der Waals surface area contributed by atoms with E-state index in [9.17, 15) is 5.11 Å². The summed E-state index contributed by atoms with van der Waals surface area (Å²) in [5, 5.41) is 14.2. The zero-order chi connectivity index (χ0) is 13.7. The third kappa shape index (κ3) is 3.11. The van der Waals surface area contributed by atoms with E-state index in [-0.39, 0.29) is 17.6 Å². The van der Waals surface area contributed by atoms with Crippen LogP contribution in [-0.2, 0) is 0 Å². The fraction of sp³-hybridized carbons (Fsp3) is 0.647. The van der Waals surface area contributed by atoms with Crippen LogP contribution < -0.4 is 5.32 Å². The highest BCUT2D eigenvalue weighted by molar-refractivity contribution is 5.17. The lowest BCUT2D eigenvalue weighted by atomic mass is 9.66. The molecular weight excluding hydrogens is 234 g/mol. The second-order valence-electron chi connectivity index (χ2n) is 5.93. The lowest BCUT2D eigenvalue weighted by Crippen LogP contribution is -2.61. The maximum Gasteiger partial charge on any atom is 0.0620 e. The van der Waals surface area contributed by atoms with Crippen LogP contribution in [0.15, 0.2) is 24.8 Å². The molecule has 0 bridgehead atoms. The molecular formula is C17H25NO. The Morgan fingerprint density at radius 1 is 1.37 bits per heavy atom. The van der Waals surface area contributed by atoms with E-state index in [2.05, 4.69) is 17.8 Å². The van der Waals surface area contributed by atoms with E-state index in [0.29, 0.717) is 6.04 Å². The molecule has 4 unspecified atom stereocenters. The molecule has 2 rings (SSSR count). The first-order valence-electron chi connectivity index (χ1n) is 7.41. The summed E-state index contributed by atoms with van der Waals surface area (Å²) < 4.78 is 0. The van der Waals surface area contributed by atoms with Gasteiger partial charge in [0.25, 0.3) is 0 Å². The molecule has 2 heteroatoms. The summed E-state index contributed by atoms with van der Waals surface area (Å²) in [5.74, 6) is 2.70. The third-order valence-electron chi connectivity index (χ3n) is 4.69. The SMILES string of the molecule is C#CC=CC1C(O)CCCC12CCCC(CC=C)N2. The maximum absolute atomic E-state index is 10.3. The van der Waals surface area contributed by atoms with Crippen molar-refractivity contribution in [3.05, 3.63) is 24.8 Å². The average Bonchev–Trinajstić information content (AvgIpc) is 2.39. The number of piperidine rings is 1. The number of hydrogen-bond acceptors (Lipinski definition) is 2. The molecule has 1 heterocycles. The molecule has 104 valence electrons. The smallest absolute Gasteiger partial charge is 0.0620 e. The number of allylic oxidation sites excluding steroid dienone is 1. The van der Waals surface area contributed by atoms with E-state index >= 15 is 0 Å². The molecule has 4 atom stereocenters. The van der Waals surface area contributed by atoms with Gasteiger partial charge in [0.1, 0.15) is 0 Å². The van der Waals surface area contributed by atoms with Crippen molar-refractivity contribution < 1.29 is 5.11 Å². The molecule has 0 radical (unpaired) electrons. The van der Waals surface area contributed by atoms with Crippen molar-refractivity contribution >= 4 is 0 Å². The molecule has 1 aliphatic carbocycles. The Morgan fingerprint density at radius 3 is 2.79 bits per heavy atom. The molecule has 1 saturated carbocycles. The Bertz CT molecular complexity index is 377. The Labute approximate surface area is 117 Å². The molecule has 0 aromatic heterocycles. The molecule has 2 fully saturated rings. The topological polar surface area (TPSA) is 32.3 Å². The molecule has 0 amide bonds. The standard InChI is InChI=1S/C17H25NO/c1-3-5-10-15-16(19)11-7-13-17(15)12-6-9-14(18-17)8-4-2/h1,4-5,10,14-16,18-19H,2,6-9,11-13H2. The van der Waals surface area contributed by atoms with Crippen LogP contribution in [0.3, 0.4) is 0 Å². The molecule has 1 aliphatic heterocycles. The van der Waals surface area contributed by atoms with Crippen LogP contribution in [0.2, 0.25) is 0 Å². The average molecular weight is 259 g/mol. The van der Waals surface area contributed by atoms with Gasteiger partial charge in [0.2, 0.25) is 0 Å². The summed E-state index contributed by atoms with van der Waals surface area (Å²) in [6.45, 7) is 3.84. The molecule has 2 nitrogen and oxygen atoms in total. The van der Waals surface area contributed by atoms with Crippen molar-refractivity contribution in [2.75, 3.05) is 0 Å². The summed E-state index contributed by atoms with van der Waals surface area (Å²) in [6, 6.07) is 0.498. The van der Waals surface area contributed by atoms with Crippen molar-refractivity contribution in [1.29, 1.82) is 0 Å². The summed E-state index contributed by atoms with van der Waals surface area (Å²) >= 11 is 0. The fourth-order valence-corrected chi connectivity index (χ4v) is 3.87. The highest BCUT2D eigenvalue weighted by Crippen LogP contribution is 2.41. The third-order valence-corrected chi connectivity index (χ3v) is 4.69. The highest BCUT2D eigenvalue weighted by atomic mass is 16.3. The van der Waals surface area contributed by atoms with Crippen LogP contribution in [0.1, 0.15) is 44.9 Å². The Kier molecular flexibility index (Phi) is 4.85. The van der Waals surface area contributed by atoms with Crippen molar-refractivity contribution in [1.82, 2.24) is 5.32 Å². The number of aliphatic hydroxyl groups is 1. The Balaban J connectivity index is 2.19. The lowest BCUT2D eigenvalue weighted by Gasteiger charge is -2.51. The number of nitrogens with one attached hydrogen (secondary N) is 1. The first-order chi connectivity index (χ1) is 9.22. The second kappa shape index (κ2) is 6.41. The van der Waals surface area contributed by atoms with Gasteiger partial charge in [-0.15, -0.1) is 13.0 Å². The van der Waals surface area contributed by atoms with Crippen LogP contribution in [0.5, 0.6) is 0 Å². The molecule has 1 saturated heterocycles. The molecule has 0 aromatic rings. The van der Waals surface area contributed by atoms with Gasteiger partial charge in [0.15, 0.2) is 0 Å². The van der Waals surface area contributed by atoms with Crippen LogP contribution >= 0.6 is 0 Å². The monoisotopic (exact) mass is 259 g/mol. The Hall–Kier alpha value is -1.04. The largest absolute Gasteiger partial charge is 0.392 e. The molecule has 1 spiro atoms. The number of rotatable bonds is 3. The predicted octanol–water partition coefficient (Wildman–Crippen LogP) is 2.79. The van der Waals surface area contributed by atoms with E-state index in [0.717, 1.165) is 32.1 Å². The van der Waals surface area contributed by atoms with Crippen LogP contribution in [0, 0.1) is 18.3 Å². The van der Waals surface area contributed by atoms with Crippen molar-refractivity contribution in [2.24, 2.45) is 5.92 Å². The van der Waals surface area contributed by atoms with E-state index in [1.165, 1.54) is 12.8 Å². The van der Waals surface area contributed by atoms with Crippen LogP contribution in [0.25, 0.3) is 0 Å². The minimum absolute atomic E-state index is 0.0386. The fourth-order valence-electron chi connectivity index (χ4n) is 3.87. The van der Waals surface area contributed by atoms with Gasteiger partial charge in [-0.3, -0.25) is 0 Å². The van der Waals surface area contributed by atoms with Crippen molar-refractivity contribution in [3.63, 3.8) is 0 Å². The van der Waals surface area contributed by atoms with Gasteiger partial charge in [0.05, 0.1) is 6.10 Å². The van der Waals surface area contributed by atoms with Crippen molar-refractivity contribution in [3.8, 4) is 12.3 Å². The van der Waals surface area contributed by atoms with Gasteiger partial charge in [-0.2, -0.15) is 0 Å². The normalized spacial score (nSPS) is 39.3. The summed E-state index contributed by atoms with van der Waals surface area (Å²) in [4.78, 5) is 0. The lowest BCUT2D eigenvalue weighted by molar-refractivity contribution is 0.00394. The van der Waals surface area contributed by atoms with Gasteiger partial charge in [-0.05, 0) is 44.6 Å². The van der Waals surface area contributed by atoms with E-state index < -0.39 is 0 Å². The molecule has 0 aromatic carbocycles. The molecule has 2 aliphatic rings. The van der Waals surface area contributed by atoms with Gasteiger partial charge in [0, 0.05) is 17.5 Å². The van der Waals surface area contributed by atoms with Crippen molar-refractivity contribution in [2.45, 2.75) is 62.6 Å². The first kappa shape index (κ1) is 14.4.